The number of nitrogens with one attached hydrogen (secondary N) is 13. The highest BCUT2D eigenvalue weighted by atomic mass is 32.2. The molecule has 1 aliphatic rings. The molecule has 0 saturated carbocycles. The number of imide groups is 1. The predicted molar refractivity (Wildman–Crippen MR) is 457 cm³/mol. The molecule has 634 valence electrons. The number of unbranched alkanes of at least 4 members (excludes halogenated alkanes) is 1. The molecule has 1 fully saturated rings. The smallest absolute Gasteiger partial charge is 0.288 e. The van der Waals surface area contributed by atoms with E-state index in [1.165, 1.54) is 42.0 Å². The molecule has 0 spiro atoms. The van der Waals surface area contributed by atoms with Crippen LogP contribution < -0.4 is 68.8 Å². The molecule has 3 aromatic heterocycles. The maximum absolute atomic E-state index is 12.7. The third-order valence-corrected chi connectivity index (χ3v) is 21.7. The highest BCUT2D eigenvalue weighted by molar-refractivity contribution is 7.93. The molecule has 1 atom stereocenters. The average Bonchev–Trinajstić information content (AvgIpc) is 0.894. The molecule has 41 heteroatoms. The van der Waals surface area contributed by atoms with Gasteiger partial charge in [-0.1, -0.05) is 128 Å². The van der Waals surface area contributed by atoms with Crippen LogP contribution in [0, 0.1) is 16.5 Å². The van der Waals surface area contributed by atoms with Crippen molar-refractivity contribution in [2.24, 2.45) is 5.90 Å². The number of benzene rings is 7. The number of sulfone groups is 1. The minimum absolute atomic E-state index is 0.00652. The second kappa shape index (κ2) is 44.8. The Hall–Kier alpha value is -12.4. The maximum atomic E-state index is 12.7. The van der Waals surface area contributed by atoms with Crippen molar-refractivity contribution in [1.29, 1.82) is 0 Å². The number of anilines is 6. The molecule has 119 heavy (non-hydrogen) atoms. The number of aromatic nitrogens is 9. The summed E-state index contributed by atoms with van der Waals surface area (Å²) >= 11 is 10.1. The standard InChI is InChI=1S/C32H44N4O4S.C16H17N7O4S2.C16H17N7O2S.C10H14N2O3S.C4H5NO2/c1-7-31(3,4)24-14-19-29(27(23-24)32(5,6)8-2)40-21-11-12-22-41(38,39)36-26-17-15-25(16-18-26)34-35-30(37)28-13-9-10-20-33-28;1-27-10-15(24)18-17-11-5-7-12(8-6-11)20-29(25,26)14-4-2-3-13(9-14)23-16(28)19-21-22-23;1-10(24)18-19-13-7-5-11(6-8-13)15(25-17)12-3-2-4-14(9-12)23-16(26)20-21-22-23;1-8-3-5-9(6-4-8)11-12-10(13)7-16(2,14)15;6-3-1-2-4(7)5-3/h9-10,13-20,23,34,36H,7-8,11-12,21-22H2,1-6H3,(H,35,37);2-9,17,20H,10H2,1H3,(H,18,24)(H,19,22,28);2-9,15,19H,17H2,1H3,(H,18,24)(H,20,22,26);3-6,11H,7H2,1-2H3,(H,12,13);1-2H2,(H,5,6,7). The summed E-state index contributed by atoms with van der Waals surface area (Å²) in [5.74, 6) is 4.11. The van der Waals surface area contributed by atoms with Crippen molar-refractivity contribution < 1.29 is 68.3 Å². The summed E-state index contributed by atoms with van der Waals surface area (Å²) in [4.78, 5) is 75.0. The molecule has 1 aliphatic heterocycles. The second-order valence-electron chi connectivity index (χ2n) is 27.8. The van der Waals surface area contributed by atoms with Gasteiger partial charge >= 0.3 is 0 Å². The fourth-order valence-corrected chi connectivity index (χ4v) is 13.6. The Bertz CT molecular complexity index is 5510. The number of carbonyl (C=O) groups is 6. The first-order valence-electron chi connectivity index (χ1n) is 36.8. The zero-order valence-corrected chi connectivity index (χ0v) is 71.0. The first-order valence-corrected chi connectivity index (χ1v) is 42.8. The number of carbonyl (C=O) groups excluding carboxylic acids is 6. The number of nitrogens with two attached hydrogens (primary N) is 1. The monoisotopic (exact) mass is 1730 g/mol. The number of hydrogen-bond donors (Lipinski definition) is 14. The van der Waals surface area contributed by atoms with E-state index in [4.69, 9.17) is 44.6 Å². The molecule has 0 bridgehead atoms. The lowest BCUT2D eigenvalue weighted by Crippen LogP contribution is -2.34. The number of nitrogens with zero attached hydrogens (tertiary/aromatic N) is 7. The van der Waals surface area contributed by atoms with Gasteiger partial charge in [-0.25, -0.2) is 40.5 Å². The van der Waals surface area contributed by atoms with Crippen molar-refractivity contribution >= 4 is 124 Å². The van der Waals surface area contributed by atoms with Crippen LogP contribution >= 0.6 is 24.4 Å². The molecule has 0 radical (unpaired) electrons. The van der Waals surface area contributed by atoms with Crippen LogP contribution in [0.15, 0.2) is 193 Å². The van der Waals surface area contributed by atoms with Gasteiger partial charge < -0.3 is 9.47 Å². The Labute approximate surface area is 699 Å². The van der Waals surface area contributed by atoms with Crippen molar-refractivity contribution in [2.75, 3.05) is 69.2 Å². The number of tetrazole rings is 2. The Balaban J connectivity index is 0.000000221. The van der Waals surface area contributed by atoms with Crippen molar-refractivity contribution in [2.45, 2.75) is 116 Å². The van der Waals surface area contributed by atoms with E-state index >= 15 is 0 Å². The number of hydrogen-bond acceptors (Lipinski definition) is 27. The summed E-state index contributed by atoms with van der Waals surface area (Å²) < 4.78 is 91.8. The number of aryl methyl sites for hydroxylation is 1. The number of methoxy groups -OCH3 is 1. The van der Waals surface area contributed by atoms with Crippen molar-refractivity contribution in [3.63, 3.8) is 0 Å². The summed E-state index contributed by atoms with van der Waals surface area (Å²) in [6.07, 6.45) is 5.95. The van der Waals surface area contributed by atoms with Crippen LogP contribution in [0.4, 0.5) is 34.1 Å². The maximum Gasteiger partial charge on any atom is 0.288 e. The number of hydrazine groups is 4. The number of H-pyrrole nitrogens is 2. The van der Waals surface area contributed by atoms with Gasteiger partial charge in [-0.2, -0.15) is 10.4 Å². The molecule has 1 unspecified atom stereocenters. The van der Waals surface area contributed by atoms with E-state index in [1.54, 1.807) is 102 Å². The lowest BCUT2D eigenvalue weighted by atomic mass is 9.76. The van der Waals surface area contributed by atoms with E-state index in [9.17, 15) is 54.0 Å². The van der Waals surface area contributed by atoms with Gasteiger partial charge in [0.1, 0.15) is 29.9 Å². The van der Waals surface area contributed by atoms with Gasteiger partial charge in [0, 0.05) is 56.3 Å². The molecular formula is C78H97N21O15S5. The highest BCUT2D eigenvalue weighted by Gasteiger charge is 2.28. The van der Waals surface area contributed by atoms with Crippen LogP contribution in [-0.2, 0) is 74.3 Å². The second-order valence-corrected chi connectivity index (χ2v) is 34.2. The third kappa shape index (κ3) is 31.2. The van der Waals surface area contributed by atoms with E-state index in [-0.39, 0.29) is 68.1 Å². The topological polar surface area (TPSA) is 497 Å². The summed E-state index contributed by atoms with van der Waals surface area (Å²) in [5, 5.41) is 22.1. The van der Waals surface area contributed by atoms with E-state index in [0.29, 0.717) is 71.2 Å². The fourth-order valence-electron chi connectivity index (χ4n) is 10.4. The minimum atomic E-state index is -3.84. The summed E-state index contributed by atoms with van der Waals surface area (Å²) in [6, 6.07) is 52.9. The van der Waals surface area contributed by atoms with Crippen LogP contribution in [-0.4, -0.2) is 144 Å². The van der Waals surface area contributed by atoms with Crippen LogP contribution in [0.5, 0.6) is 5.75 Å². The quantitative estimate of drug-likeness (QED) is 0.00787. The SMILES string of the molecule is CC(=O)NNc1ccc(C(ON)c2cccc(-n3[nH]nnc3=S)c2)cc1.CCC(C)(C)c1ccc(OCCCCS(=O)(=O)Nc2ccc(NNC(=O)c3ccccn3)cc2)c(C(C)(C)CC)c1.COCC(=O)NNc1ccc(NS(=O)(=O)c2cccc(-n3[nH]nnc3=S)c2)cc1.Cc1ccc(NNC(=O)CS(C)(=O)=O)cc1.O=C1CCC(=O)N1. The summed E-state index contributed by atoms with van der Waals surface area (Å²) in [5.41, 5.74) is 31.0. The third-order valence-electron chi connectivity index (χ3n) is 17.6. The number of aromatic amines is 2. The molecule has 7 aromatic carbocycles. The van der Waals surface area contributed by atoms with Crippen molar-refractivity contribution in [1.82, 2.24) is 72.4 Å². The molecular weight excluding hydrogens is 1630 g/mol. The van der Waals surface area contributed by atoms with Gasteiger partial charge in [-0.05, 0) is 206 Å². The van der Waals surface area contributed by atoms with Gasteiger partial charge in [0.15, 0.2) is 9.84 Å². The largest absolute Gasteiger partial charge is 0.493 e. The number of pyridine rings is 1. The average molecular weight is 1730 g/mol. The Kier molecular flexibility index (Phi) is 35.3. The summed E-state index contributed by atoms with van der Waals surface area (Å²) in [6.45, 7) is 17.1. The molecule has 0 aliphatic carbocycles. The number of ether oxygens (including phenoxy) is 2. The van der Waals surface area contributed by atoms with Crippen molar-refractivity contribution in [3.8, 4) is 17.1 Å². The number of rotatable bonds is 33. The van der Waals surface area contributed by atoms with Gasteiger partial charge in [0.2, 0.25) is 37.3 Å². The van der Waals surface area contributed by atoms with Crippen LogP contribution in [0.1, 0.15) is 131 Å². The van der Waals surface area contributed by atoms with E-state index < -0.39 is 47.6 Å². The zero-order chi connectivity index (χ0) is 86.9. The fraction of sp³-hybridized carbons (Fsp3) is 0.295. The predicted octanol–water partition coefficient (Wildman–Crippen LogP) is 9.70. The summed E-state index contributed by atoms with van der Waals surface area (Å²) in [7, 11) is -9.24. The molecule has 1 saturated heterocycles. The lowest BCUT2D eigenvalue weighted by molar-refractivity contribution is -0.125. The first-order chi connectivity index (χ1) is 56.5. The lowest BCUT2D eigenvalue weighted by Gasteiger charge is -2.30. The first kappa shape index (κ1) is 93.8. The molecule has 10 aromatic rings. The van der Waals surface area contributed by atoms with E-state index in [2.05, 4.69) is 154 Å². The molecule has 4 heterocycles. The van der Waals surface area contributed by atoms with E-state index in [0.717, 1.165) is 52.9 Å². The zero-order valence-electron chi connectivity index (χ0n) is 66.9. The molecule has 11 rings (SSSR count). The molecule has 36 nitrogen and oxygen atoms in total. The van der Waals surface area contributed by atoms with Gasteiger partial charge in [0.05, 0.1) is 51.4 Å². The van der Waals surface area contributed by atoms with Crippen LogP contribution in [0.2, 0.25) is 0 Å². The highest BCUT2D eigenvalue weighted by Crippen LogP contribution is 2.39. The molecule has 6 amide bonds. The van der Waals surface area contributed by atoms with Crippen LogP contribution in [0.3, 0.4) is 0 Å². The van der Waals surface area contributed by atoms with Gasteiger partial charge in [0.25, 0.3) is 27.7 Å². The Morgan fingerprint density at radius 3 is 1.61 bits per heavy atom. The molecule has 15 N–H and O–H groups in total. The van der Waals surface area contributed by atoms with Crippen molar-refractivity contribution in [3.05, 3.63) is 231 Å². The van der Waals surface area contributed by atoms with Gasteiger partial charge in [-0.3, -0.25) is 96.8 Å². The Morgan fingerprint density at radius 2 is 1.11 bits per heavy atom. The minimum Gasteiger partial charge on any atom is -0.493 e. The van der Waals surface area contributed by atoms with Crippen LogP contribution in [0.25, 0.3) is 11.4 Å². The Morgan fingerprint density at radius 1 is 0.588 bits per heavy atom. The van der Waals surface area contributed by atoms with E-state index in [1.807, 2.05) is 67.6 Å². The number of amides is 6. The number of sulfonamides is 2. The van der Waals surface area contributed by atoms with Gasteiger partial charge in [-0.15, -0.1) is 0 Å². The normalized spacial score (nSPS) is 12.1.